The van der Waals surface area contributed by atoms with Gasteiger partial charge in [-0.15, -0.1) is 0 Å². The summed E-state index contributed by atoms with van der Waals surface area (Å²) in [6.45, 7) is 9.23. The molecule has 1 aromatic heterocycles. The Labute approximate surface area is 151 Å². The molecular formula is C24H27N. The van der Waals surface area contributed by atoms with Crippen molar-refractivity contribution >= 4 is 0 Å². The van der Waals surface area contributed by atoms with E-state index in [0.717, 1.165) is 16.8 Å². The molecule has 0 amide bonds. The topological polar surface area (TPSA) is 12.9 Å². The van der Waals surface area contributed by atoms with Gasteiger partial charge in [-0.3, -0.25) is 4.98 Å². The summed E-state index contributed by atoms with van der Waals surface area (Å²) < 4.78 is 0. The average Bonchev–Trinajstić information content (AvgIpc) is 2.61. The minimum Gasteiger partial charge on any atom is -0.256 e. The van der Waals surface area contributed by atoms with Crippen molar-refractivity contribution in [2.75, 3.05) is 0 Å². The highest BCUT2D eigenvalue weighted by atomic mass is 14.7. The molecule has 0 fully saturated rings. The molecular weight excluding hydrogens is 302 g/mol. The van der Waals surface area contributed by atoms with E-state index >= 15 is 0 Å². The lowest BCUT2D eigenvalue weighted by molar-refractivity contribution is 0.349. The third-order valence-electron chi connectivity index (χ3n) is 4.56. The molecule has 1 heterocycles. The standard InChI is InChI=1S/C24H27N/c1-18(16-24(2,3)4)19-10-12-20(13-11-19)22-14-15-23(25-17-22)21-8-6-5-7-9-21/h5-15,17-18H,16H2,1-4H3. The first-order valence-electron chi connectivity index (χ1n) is 9.04. The Morgan fingerprint density at radius 2 is 1.40 bits per heavy atom. The Morgan fingerprint density at radius 3 is 1.96 bits per heavy atom. The second-order valence-electron chi connectivity index (χ2n) is 8.09. The first-order valence-corrected chi connectivity index (χ1v) is 9.04. The fourth-order valence-corrected chi connectivity index (χ4v) is 3.38. The van der Waals surface area contributed by atoms with Gasteiger partial charge in [0.1, 0.15) is 0 Å². The highest BCUT2D eigenvalue weighted by Crippen LogP contribution is 2.32. The number of nitrogens with zero attached hydrogens (tertiary/aromatic N) is 1. The number of aromatic nitrogens is 1. The third kappa shape index (κ3) is 4.57. The lowest BCUT2D eigenvalue weighted by Gasteiger charge is -2.23. The molecule has 0 bridgehead atoms. The summed E-state index contributed by atoms with van der Waals surface area (Å²) >= 11 is 0. The van der Waals surface area contributed by atoms with Crippen LogP contribution in [-0.4, -0.2) is 4.98 Å². The molecule has 1 unspecified atom stereocenters. The van der Waals surface area contributed by atoms with E-state index in [-0.39, 0.29) is 0 Å². The smallest absolute Gasteiger partial charge is 0.0702 e. The van der Waals surface area contributed by atoms with E-state index in [2.05, 4.69) is 81.2 Å². The summed E-state index contributed by atoms with van der Waals surface area (Å²) in [6.07, 6.45) is 3.16. The van der Waals surface area contributed by atoms with Crippen LogP contribution in [0.3, 0.4) is 0 Å². The largest absolute Gasteiger partial charge is 0.256 e. The monoisotopic (exact) mass is 329 g/mol. The highest BCUT2D eigenvalue weighted by Gasteiger charge is 2.16. The number of hydrogen-bond acceptors (Lipinski definition) is 1. The van der Waals surface area contributed by atoms with Gasteiger partial charge in [-0.1, -0.05) is 88.4 Å². The van der Waals surface area contributed by atoms with Crippen LogP contribution < -0.4 is 0 Å². The quantitative estimate of drug-likeness (QED) is 0.504. The lowest BCUT2D eigenvalue weighted by Crippen LogP contribution is -2.09. The van der Waals surface area contributed by atoms with E-state index in [0.29, 0.717) is 11.3 Å². The van der Waals surface area contributed by atoms with Crippen molar-refractivity contribution in [3.8, 4) is 22.4 Å². The maximum atomic E-state index is 4.63. The van der Waals surface area contributed by atoms with Crippen LogP contribution in [0.5, 0.6) is 0 Å². The van der Waals surface area contributed by atoms with Crippen molar-refractivity contribution in [1.82, 2.24) is 4.98 Å². The van der Waals surface area contributed by atoms with Gasteiger partial charge in [0.2, 0.25) is 0 Å². The predicted molar refractivity (Wildman–Crippen MR) is 108 cm³/mol. The summed E-state index contributed by atoms with van der Waals surface area (Å²) in [6, 6.07) is 23.5. The predicted octanol–water partition coefficient (Wildman–Crippen LogP) is 6.96. The Hall–Kier alpha value is -2.41. The number of rotatable bonds is 4. The van der Waals surface area contributed by atoms with Gasteiger partial charge in [-0.2, -0.15) is 0 Å². The summed E-state index contributed by atoms with van der Waals surface area (Å²) in [5.41, 5.74) is 6.32. The zero-order valence-electron chi connectivity index (χ0n) is 15.7. The molecule has 0 saturated carbocycles. The Morgan fingerprint density at radius 1 is 0.760 bits per heavy atom. The SMILES string of the molecule is CC(CC(C)(C)C)c1ccc(-c2ccc(-c3ccccc3)nc2)cc1. The van der Waals surface area contributed by atoms with Gasteiger partial charge >= 0.3 is 0 Å². The highest BCUT2D eigenvalue weighted by molar-refractivity contribution is 5.67. The second-order valence-corrected chi connectivity index (χ2v) is 8.09. The van der Waals surface area contributed by atoms with Crippen molar-refractivity contribution in [2.24, 2.45) is 5.41 Å². The van der Waals surface area contributed by atoms with Crippen molar-refractivity contribution in [2.45, 2.75) is 40.0 Å². The molecule has 2 aromatic carbocycles. The van der Waals surface area contributed by atoms with Crippen LogP contribution in [0.25, 0.3) is 22.4 Å². The molecule has 0 aliphatic rings. The molecule has 128 valence electrons. The molecule has 1 atom stereocenters. The van der Waals surface area contributed by atoms with Gasteiger partial charge in [0.05, 0.1) is 5.69 Å². The molecule has 0 radical (unpaired) electrons. The van der Waals surface area contributed by atoms with Crippen LogP contribution in [0.2, 0.25) is 0 Å². The van der Waals surface area contributed by atoms with E-state index in [9.17, 15) is 0 Å². The molecule has 25 heavy (non-hydrogen) atoms. The minimum absolute atomic E-state index is 0.356. The summed E-state index contributed by atoms with van der Waals surface area (Å²) in [4.78, 5) is 4.63. The van der Waals surface area contributed by atoms with Gasteiger partial charge in [-0.25, -0.2) is 0 Å². The molecule has 0 aliphatic heterocycles. The maximum absolute atomic E-state index is 4.63. The van der Waals surface area contributed by atoms with Gasteiger partial charge in [0, 0.05) is 17.3 Å². The van der Waals surface area contributed by atoms with Gasteiger partial charge in [0.15, 0.2) is 0 Å². The first kappa shape index (κ1) is 17.4. The molecule has 0 spiro atoms. The van der Waals surface area contributed by atoms with E-state index in [4.69, 9.17) is 0 Å². The van der Waals surface area contributed by atoms with Crippen molar-refractivity contribution in [3.63, 3.8) is 0 Å². The van der Waals surface area contributed by atoms with Crippen molar-refractivity contribution in [3.05, 3.63) is 78.5 Å². The van der Waals surface area contributed by atoms with E-state index in [1.807, 2.05) is 24.4 Å². The molecule has 1 nitrogen and oxygen atoms in total. The molecule has 1 heteroatoms. The lowest BCUT2D eigenvalue weighted by atomic mass is 9.82. The average molecular weight is 329 g/mol. The van der Waals surface area contributed by atoms with E-state index < -0.39 is 0 Å². The molecule has 0 aliphatic carbocycles. The zero-order valence-corrected chi connectivity index (χ0v) is 15.7. The van der Waals surface area contributed by atoms with Crippen molar-refractivity contribution in [1.29, 1.82) is 0 Å². The third-order valence-corrected chi connectivity index (χ3v) is 4.56. The molecule has 0 saturated heterocycles. The van der Waals surface area contributed by atoms with E-state index in [1.54, 1.807) is 0 Å². The summed E-state index contributed by atoms with van der Waals surface area (Å²) in [7, 11) is 0. The first-order chi connectivity index (χ1) is 11.9. The van der Waals surface area contributed by atoms with Gasteiger partial charge in [0.25, 0.3) is 0 Å². The Bertz CT molecular complexity index is 793. The summed E-state index contributed by atoms with van der Waals surface area (Å²) in [5.74, 6) is 0.577. The second kappa shape index (κ2) is 7.23. The maximum Gasteiger partial charge on any atom is 0.0702 e. The van der Waals surface area contributed by atoms with Gasteiger partial charge < -0.3 is 0 Å². The van der Waals surface area contributed by atoms with Crippen LogP contribution in [0.15, 0.2) is 72.9 Å². The fraction of sp³-hybridized carbons (Fsp3) is 0.292. The zero-order chi connectivity index (χ0) is 17.9. The normalized spacial score (nSPS) is 12.8. The summed E-state index contributed by atoms with van der Waals surface area (Å²) in [5, 5.41) is 0. The minimum atomic E-state index is 0.356. The molecule has 3 aromatic rings. The molecule has 0 N–H and O–H groups in total. The van der Waals surface area contributed by atoms with Crippen LogP contribution in [-0.2, 0) is 0 Å². The Balaban J connectivity index is 1.76. The van der Waals surface area contributed by atoms with Gasteiger partial charge in [-0.05, 0) is 34.9 Å². The van der Waals surface area contributed by atoms with Crippen LogP contribution in [0, 0.1) is 5.41 Å². The number of hydrogen-bond donors (Lipinski definition) is 0. The number of benzene rings is 2. The fourth-order valence-electron chi connectivity index (χ4n) is 3.38. The van der Waals surface area contributed by atoms with E-state index in [1.165, 1.54) is 17.5 Å². The van der Waals surface area contributed by atoms with Crippen LogP contribution in [0.4, 0.5) is 0 Å². The number of pyridine rings is 1. The Kier molecular flexibility index (Phi) is 5.03. The van der Waals surface area contributed by atoms with Crippen LogP contribution >= 0.6 is 0 Å². The van der Waals surface area contributed by atoms with Crippen LogP contribution in [0.1, 0.15) is 45.6 Å². The molecule has 3 rings (SSSR count). The van der Waals surface area contributed by atoms with Crippen molar-refractivity contribution < 1.29 is 0 Å².